The molecule has 39 heavy (non-hydrogen) atoms. The first-order chi connectivity index (χ1) is 18.3. The fourth-order valence-corrected chi connectivity index (χ4v) is 4.93. The van der Waals surface area contributed by atoms with Crippen LogP contribution >= 0.6 is 0 Å². The Kier molecular flexibility index (Phi) is 6.41. The fraction of sp³-hybridized carbons (Fsp3) is 0.370. The number of ether oxygens (including phenoxy) is 2. The van der Waals surface area contributed by atoms with Gasteiger partial charge in [0.2, 0.25) is 0 Å². The third-order valence-electron chi connectivity index (χ3n) is 6.89. The number of benzene rings is 2. The SMILES string of the molecule is COc1cc(-c2nnc3n2CCCC3(Oc2ccc(F)c(C(F)(F)F)c2)C(C)(C)O)ccc1-c1cnc(C)o1. The van der Waals surface area contributed by atoms with Crippen molar-refractivity contribution < 1.29 is 36.6 Å². The van der Waals surface area contributed by atoms with Gasteiger partial charge in [0.25, 0.3) is 0 Å². The van der Waals surface area contributed by atoms with Gasteiger partial charge in [-0.2, -0.15) is 13.2 Å². The molecule has 4 aromatic rings. The van der Waals surface area contributed by atoms with E-state index in [4.69, 9.17) is 13.9 Å². The molecule has 0 aliphatic carbocycles. The molecule has 5 rings (SSSR count). The van der Waals surface area contributed by atoms with E-state index >= 15 is 0 Å². The van der Waals surface area contributed by atoms with E-state index in [2.05, 4.69) is 15.2 Å². The van der Waals surface area contributed by atoms with Crippen molar-refractivity contribution in [3.8, 4) is 34.2 Å². The number of halogens is 4. The second kappa shape index (κ2) is 9.37. The van der Waals surface area contributed by atoms with Crippen molar-refractivity contribution in [2.75, 3.05) is 7.11 Å². The van der Waals surface area contributed by atoms with Crippen LogP contribution in [0, 0.1) is 12.7 Å². The average Bonchev–Trinajstić information content (AvgIpc) is 3.50. The summed E-state index contributed by atoms with van der Waals surface area (Å²) >= 11 is 0. The molecular formula is C27H26F4N4O4. The predicted molar refractivity (Wildman–Crippen MR) is 131 cm³/mol. The molecule has 1 atom stereocenters. The average molecular weight is 547 g/mol. The Bertz CT molecular complexity index is 1520. The van der Waals surface area contributed by atoms with Crippen LogP contribution in [0.25, 0.3) is 22.7 Å². The van der Waals surface area contributed by atoms with E-state index in [0.29, 0.717) is 59.5 Å². The summed E-state index contributed by atoms with van der Waals surface area (Å²) in [6, 6.07) is 7.76. The number of aromatic nitrogens is 4. The maximum atomic E-state index is 13.9. The van der Waals surface area contributed by atoms with Crippen LogP contribution in [0.1, 0.15) is 44.0 Å². The lowest BCUT2D eigenvalue weighted by Crippen LogP contribution is -2.55. The van der Waals surface area contributed by atoms with Crippen molar-refractivity contribution in [1.82, 2.24) is 19.7 Å². The Morgan fingerprint density at radius 3 is 2.51 bits per heavy atom. The highest BCUT2D eigenvalue weighted by atomic mass is 19.4. The van der Waals surface area contributed by atoms with Crippen LogP contribution < -0.4 is 9.47 Å². The van der Waals surface area contributed by atoms with Crippen LogP contribution in [0.4, 0.5) is 17.6 Å². The number of rotatable bonds is 6. The molecule has 8 nitrogen and oxygen atoms in total. The molecule has 0 saturated heterocycles. The normalized spacial score (nSPS) is 17.7. The van der Waals surface area contributed by atoms with Gasteiger partial charge in [-0.15, -0.1) is 10.2 Å². The van der Waals surface area contributed by atoms with Crippen LogP contribution in [-0.2, 0) is 18.3 Å². The summed E-state index contributed by atoms with van der Waals surface area (Å²) in [5.41, 5.74) is -3.30. The quantitative estimate of drug-likeness (QED) is 0.300. The van der Waals surface area contributed by atoms with Crippen LogP contribution in [0.15, 0.2) is 47.0 Å². The van der Waals surface area contributed by atoms with Crippen LogP contribution in [0.5, 0.6) is 11.5 Å². The second-order valence-corrected chi connectivity index (χ2v) is 9.89. The molecule has 206 valence electrons. The number of fused-ring (bicyclic) bond motifs is 1. The number of methoxy groups -OCH3 is 1. The minimum absolute atomic E-state index is 0.237. The molecule has 12 heteroatoms. The molecule has 0 radical (unpaired) electrons. The molecule has 0 fully saturated rings. The monoisotopic (exact) mass is 546 g/mol. The zero-order valence-corrected chi connectivity index (χ0v) is 21.6. The molecule has 1 unspecified atom stereocenters. The first-order valence-corrected chi connectivity index (χ1v) is 12.2. The Morgan fingerprint density at radius 1 is 1.10 bits per heavy atom. The number of nitrogens with zero attached hydrogens (tertiary/aromatic N) is 4. The summed E-state index contributed by atoms with van der Waals surface area (Å²) in [5, 5.41) is 20.0. The van der Waals surface area contributed by atoms with E-state index in [0.717, 1.165) is 6.07 Å². The van der Waals surface area contributed by atoms with Gasteiger partial charge in [0.1, 0.15) is 22.9 Å². The highest BCUT2D eigenvalue weighted by Gasteiger charge is 2.53. The van der Waals surface area contributed by atoms with Gasteiger partial charge in [0.05, 0.1) is 24.4 Å². The summed E-state index contributed by atoms with van der Waals surface area (Å²) in [6.07, 6.45) is -2.58. The van der Waals surface area contributed by atoms with Gasteiger partial charge in [-0.1, -0.05) is 6.07 Å². The molecule has 2 aromatic heterocycles. The summed E-state index contributed by atoms with van der Waals surface area (Å²) in [7, 11) is 1.52. The number of aliphatic hydroxyl groups is 1. The van der Waals surface area contributed by atoms with Crippen molar-refractivity contribution >= 4 is 0 Å². The molecule has 1 N–H and O–H groups in total. The number of hydrogen-bond donors (Lipinski definition) is 1. The fourth-order valence-electron chi connectivity index (χ4n) is 4.93. The molecule has 1 aliphatic heterocycles. The number of oxazole rings is 1. The minimum atomic E-state index is -4.92. The van der Waals surface area contributed by atoms with Gasteiger partial charge in [0, 0.05) is 19.0 Å². The molecule has 0 spiro atoms. The van der Waals surface area contributed by atoms with E-state index in [-0.39, 0.29) is 18.0 Å². The summed E-state index contributed by atoms with van der Waals surface area (Å²) in [5.74, 6) is 0.572. The molecule has 0 amide bonds. The van der Waals surface area contributed by atoms with Crippen molar-refractivity contribution in [1.29, 1.82) is 0 Å². The smallest absolute Gasteiger partial charge is 0.419 e. The first-order valence-electron chi connectivity index (χ1n) is 12.2. The van der Waals surface area contributed by atoms with Crippen LogP contribution in [-0.4, -0.2) is 37.6 Å². The molecular weight excluding hydrogens is 520 g/mol. The zero-order valence-electron chi connectivity index (χ0n) is 21.6. The highest BCUT2D eigenvalue weighted by Crippen LogP contribution is 2.46. The number of aryl methyl sites for hydroxylation is 1. The Labute approximate surface area is 221 Å². The standard InChI is InChI=1S/C27H26F4N4O4/c1-15-32-14-22(38-15)18-8-6-16(12-21(18)37-4)23-33-34-24-26(25(2,3)36,10-5-11-35(23)24)39-17-7-9-20(28)19(13-17)27(29,30)31/h6-9,12-14,36H,5,10-11H2,1-4H3. The summed E-state index contributed by atoms with van der Waals surface area (Å²) < 4.78 is 73.2. The number of hydrogen-bond acceptors (Lipinski definition) is 7. The lowest BCUT2D eigenvalue weighted by Gasteiger charge is -2.44. The van der Waals surface area contributed by atoms with Crippen molar-refractivity contribution in [3.05, 3.63) is 65.7 Å². The maximum Gasteiger partial charge on any atom is 0.419 e. The van der Waals surface area contributed by atoms with Crippen LogP contribution in [0.3, 0.4) is 0 Å². The van der Waals surface area contributed by atoms with E-state index < -0.39 is 28.8 Å². The molecule has 3 heterocycles. The van der Waals surface area contributed by atoms with E-state index in [1.807, 2.05) is 6.07 Å². The van der Waals surface area contributed by atoms with Gasteiger partial charge in [0.15, 0.2) is 28.9 Å². The van der Waals surface area contributed by atoms with Gasteiger partial charge >= 0.3 is 6.18 Å². The minimum Gasteiger partial charge on any atom is -0.496 e. The van der Waals surface area contributed by atoms with Crippen molar-refractivity contribution in [3.63, 3.8) is 0 Å². The maximum absolute atomic E-state index is 13.9. The van der Waals surface area contributed by atoms with Gasteiger partial charge < -0.3 is 23.6 Å². The molecule has 1 aliphatic rings. The largest absolute Gasteiger partial charge is 0.496 e. The van der Waals surface area contributed by atoms with Gasteiger partial charge in [-0.25, -0.2) is 9.37 Å². The third-order valence-corrected chi connectivity index (χ3v) is 6.89. The molecule has 0 saturated carbocycles. The predicted octanol–water partition coefficient (Wildman–Crippen LogP) is 5.91. The Morgan fingerprint density at radius 2 is 1.87 bits per heavy atom. The van der Waals surface area contributed by atoms with E-state index in [1.54, 1.807) is 29.8 Å². The molecule has 2 aromatic carbocycles. The zero-order chi connectivity index (χ0) is 28.2. The highest BCUT2D eigenvalue weighted by molar-refractivity contribution is 5.71. The first kappa shape index (κ1) is 26.7. The van der Waals surface area contributed by atoms with E-state index in [1.165, 1.54) is 21.0 Å². The molecule has 0 bridgehead atoms. The Balaban J connectivity index is 1.59. The van der Waals surface area contributed by atoms with Crippen molar-refractivity contribution in [2.24, 2.45) is 0 Å². The summed E-state index contributed by atoms with van der Waals surface area (Å²) in [4.78, 5) is 4.13. The summed E-state index contributed by atoms with van der Waals surface area (Å²) in [6.45, 7) is 5.19. The lowest BCUT2D eigenvalue weighted by atomic mass is 9.79. The second-order valence-electron chi connectivity index (χ2n) is 9.89. The topological polar surface area (TPSA) is 95.4 Å². The van der Waals surface area contributed by atoms with Crippen molar-refractivity contribution in [2.45, 2.75) is 57.5 Å². The Hall–Kier alpha value is -3.93. The van der Waals surface area contributed by atoms with Gasteiger partial charge in [-0.3, -0.25) is 0 Å². The van der Waals surface area contributed by atoms with Gasteiger partial charge in [-0.05, 0) is 57.0 Å². The third kappa shape index (κ3) is 4.62. The van der Waals surface area contributed by atoms with Crippen LogP contribution in [0.2, 0.25) is 0 Å². The lowest BCUT2D eigenvalue weighted by molar-refractivity contribution is -0.143. The van der Waals surface area contributed by atoms with E-state index in [9.17, 15) is 22.7 Å². The number of alkyl halides is 3.